The lowest BCUT2D eigenvalue weighted by molar-refractivity contribution is -0.115. The fourth-order valence-corrected chi connectivity index (χ4v) is 3.37. The minimum atomic E-state index is 0.0423. The SMILES string of the molecule is CCC(=O)Nc1cc(N2CCn3c(nc4ccccc43)C2)ccc1C. The van der Waals surface area contributed by atoms with Crippen molar-refractivity contribution < 1.29 is 4.79 Å². The Hall–Kier alpha value is -2.82. The Bertz CT molecular complexity index is 944. The Balaban J connectivity index is 1.63. The van der Waals surface area contributed by atoms with Crippen LogP contribution < -0.4 is 10.2 Å². The van der Waals surface area contributed by atoms with E-state index < -0.39 is 0 Å². The van der Waals surface area contributed by atoms with Crippen LogP contribution in [0.3, 0.4) is 0 Å². The molecule has 0 fully saturated rings. The molecule has 0 atom stereocenters. The van der Waals surface area contributed by atoms with Crippen molar-refractivity contribution in [1.82, 2.24) is 9.55 Å². The number of aryl methyl sites for hydroxylation is 1. The molecule has 1 aromatic heterocycles. The van der Waals surface area contributed by atoms with E-state index in [1.54, 1.807) is 0 Å². The molecule has 0 saturated carbocycles. The molecule has 1 aliphatic heterocycles. The van der Waals surface area contributed by atoms with Crippen LogP contribution in [0.5, 0.6) is 0 Å². The van der Waals surface area contributed by atoms with E-state index in [1.807, 2.05) is 19.9 Å². The number of amides is 1. The van der Waals surface area contributed by atoms with Crippen LogP contribution in [0.4, 0.5) is 11.4 Å². The first-order valence-electron chi connectivity index (χ1n) is 8.75. The molecule has 4 rings (SSSR count). The number of hydrogen-bond donors (Lipinski definition) is 1. The van der Waals surface area contributed by atoms with Crippen molar-refractivity contribution in [3.63, 3.8) is 0 Å². The number of anilines is 2. The van der Waals surface area contributed by atoms with Crippen molar-refractivity contribution >= 4 is 28.3 Å². The van der Waals surface area contributed by atoms with Crippen LogP contribution in [-0.4, -0.2) is 22.0 Å². The van der Waals surface area contributed by atoms with E-state index in [9.17, 15) is 4.79 Å². The minimum absolute atomic E-state index is 0.0423. The zero-order valence-corrected chi connectivity index (χ0v) is 14.6. The quantitative estimate of drug-likeness (QED) is 0.794. The standard InChI is InChI=1S/C20H22N4O/c1-3-20(25)22-17-12-15(9-8-14(17)2)23-10-11-24-18-7-5-4-6-16(18)21-19(24)13-23/h4-9,12H,3,10-11,13H2,1-2H3,(H,22,25). The average Bonchev–Trinajstić information content (AvgIpc) is 3.01. The number of rotatable bonds is 3. The summed E-state index contributed by atoms with van der Waals surface area (Å²) in [5, 5.41) is 2.99. The molecule has 0 unspecified atom stereocenters. The van der Waals surface area contributed by atoms with Gasteiger partial charge in [-0.25, -0.2) is 4.98 Å². The Morgan fingerprint density at radius 2 is 2.04 bits per heavy atom. The number of carbonyl (C=O) groups excluding carboxylic acids is 1. The zero-order chi connectivity index (χ0) is 17.4. The summed E-state index contributed by atoms with van der Waals surface area (Å²) < 4.78 is 2.31. The molecule has 2 heterocycles. The molecule has 1 N–H and O–H groups in total. The topological polar surface area (TPSA) is 50.2 Å². The van der Waals surface area contributed by atoms with E-state index in [0.29, 0.717) is 6.42 Å². The third kappa shape index (κ3) is 2.86. The van der Waals surface area contributed by atoms with Crippen LogP contribution in [0, 0.1) is 6.92 Å². The molecule has 5 heteroatoms. The molecule has 1 aliphatic rings. The maximum absolute atomic E-state index is 11.7. The summed E-state index contributed by atoms with van der Waals surface area (Å²) in [5.41, 5.74) is 5.35. The molecule has 2 aromatic carbocycles. The summed E-state index contributed by atoms with van der Waals surface area (Å²) in [5.74, 6) is 1.13. The first kappa shape index (κ1) is 15.7. The molecule has 0 bridgehead atoms. The van der Waals surface area contributed by atoms with Crippen LogP contribution in [0.2, 0.25) is 0 Å². The minimum Gasteiger partial charge on any atom is -0.362 e. The predicted molar refractivity (Wildman–Crippen MR) is 101 cm³/mol. The zero-order valence-electron chi connectivity index (χ0n) is 14.6. The highest BCUT2D eigenvalue weighted by Gasteiger charge is 2.20. The number of benzene rings is 2. The van der Waals surface area contributed by atoms with Crippen LogP contribution in [0.15, 0.2) is 42.5 Å². The van der Waals surface area contributed by atoms with E-state index in [1.165, 1.54) is 5.52 Å². The molecule has 0 aliphatic carbocycles. The maximum atomic E-state index is 11.7. The van der Waals surface area contributed by atoms with Crippen molar-refractivity contribution in [3.8, 4) is 0 Å². The second-order valence-electron chi connectivity index (χ2n) is 6.49. The fourth-order valence-electron chi connectivity index (χ4n) is 3.37. The second-order valence-corrected chi connectivity index (χ2v) is 6.49. The molecule has 128 valence electrons. The Kier molecular flexibility index (Phi) is 3.92. The summed E-state index contributed by atoms with van der Waals surface area (Å²) in [4.78, 5) is 18.8. The lowest BCUT2D eigenvalue weighted by Gasteiger charge is -2.30. The number of aromatic nitrogens is 2. The second kappa shape index (κ2) is 6.24. The number of nitrogens with one attached hydrogen (secondary N) is 1. The highest BCUT2D eigenvalue weighted by Crippen LogP contribution is 2.28. The van der Waals surface area contributed by atoms with Gasteiger partial charge >= 0.3 is 0 Å². The van der Waals surface area contributed by atoms with Gasteiger partial charge < -0.3 is 14.8 Å². The van der Waals surface area contributed by atoms with Crippen molar-refractivity contribution in [1.29, 1.82) is 0 Å². The Morgan fingerprint density at radius 3 is 2.88 bits per heavy atom. The number of nitrogens with zero attached hydrogens (tertiary/aromatic N) is 3. The summed E-state index contributed by atoms with van der Waals surface area (Å²) in [7, 11) is 0. The monoisotopic (exact) mass is 334 g/mol. The van der Waals surface area contributed by atoms with Crippen LogP contribution >= 0.6 is 0 Å². The fraction of sp³-hybridized carbons (Fsp3) is 0.300. The van der Waals surface area contributed by atoms with Crippen LogP contribution in [0.1, 0.15) is 24.7 Å². The van der Waals surface area contributed by atoms with Crippen LogP contribution in [-0.2, 0) is 17.9 Å². The summed E-state index contributed by atoms with van der Waals surface area (Å²) >= 11 is 0. The van der Waals surface area contributed by atoms with Gasteiger partial charge in [0.1, 0.15) is 5.82 Å². The first-order chi connectivity index (χ1) is 12.2. The van der Waals surface area contributed by atoms with Crippen molar-refractivity contribution in [3.05, 3.63) is 53.9 Å². The third-order valence-corrected chi connectivity index (χ3v) is 4.84. The van der Waals surface area contributed by atoms with Crippen LogP contribution in [0.25, 0.3) is 11.0 Å². The Labute approximate surface area is 147 Å². The molecule has 5 nitrogen and oxygen atoms in total. The summed E-state index contributed by atoms with van der Waals surface area (Å²) in [6.07, 6.45) is 0.484. The van der Waals surface area contributed by atoms with Crippen molar-refractivity contribution in [2.45, 2.75) is 33.4 Å². The Morgan fingerprint density at radius 1 is 1.20 bits per heavy atom. The summed E-state index contributed by atoms with van der Waals surface area (Å²) in [6, 6.07) is 14.5. The molecular weight excluding hydrogens is 312 g/mol. The normalized spacial score (nSPS) is 13.8. The van der Waals surface area contributed by atoms with Gasteiger partial charge in [0.2, 0.25) is 5.91 Å². The molecule has 3 aromatic rings. The third-order valence-electron chi connectivity index (χ3n) is 4.84. The van der Waals surface area contributed by atoms with Gasteiger partial charge in [0.25, 0.3) is 0 Å². The van der Waals surface area contributed by atoms with E-state index in [0.717, 1.165) is 47.9 Å². The van der Waals surface area contributed by atoms with Crippen molar-refractivity contribution in [2.75, 3.05) is 16.8 Å². The molecule has 25 heavy (non-hydrogen) atoms. The number of carbonyl (C=O) groups is 1. The summed E-state index contributed by atoms with van der Waals surface area (Å²) in [6.45, 7) is 6.51. The van der Waals surface area contributed by atoms with Gasteiger partial charge in [-0.2, -0.15) is 0 Å². The molecular formula is C20H22N4O. The predicted octanol–water partition coefficient (Wildman–Crippen LogP) is 3.71. The molecule has 1 amide bonds. The van der Waals surface area contributed by atoms with Crippen molar-refractivity contribution in [2.24, 2.45) is 0 Å². The van der Waals surface area contributed by atoms with Gasteiger partial charge in [0, 0.05) is 30.9 Å². The highest BCUT2D eigenvalue weighted by molar-refractivity contribution is 5.91. The van der Waals surface area contributed by atoms with Gasteiger partial charge in [-0.3, -0.25) is 4.79 Å². The number of imidazole rings is 1. The maximum Gasteiger partial charge on any atom is 0.224 e. The van der Waals surface area contributed by atoms with Gasteiger partial charge in [-0.1, -0.05) is 25.1 Å². The van der Waals surface area contributed by atoms with E-state index in [2.05, 4.69) is 51.2 Å². The molecule has 0 saturated heterocycles. The van der Waals surface area contributed by atoms with E-state index >= 15 is 0 Å². The van der Waals surface area contributed by atoms with Gasteiger partial charge in [0.05, 0.1) is 17.6 Å². The number of para-hydroxylation sites is 2. The van der Waals surface area contributed by atoms with Gasteiger partial charge in [-0.05, 0) is 36.8 Å². The average molecular weight is 334 g/mol. The van der Waals surface area contributed by atoms with Gasteiger partial charge in [0.15, 0.2) is 0 Å². The smallest absolute Gasteiger partial charge is 0.224 e. The lowest BCUT2D eigenvalue weighted by Crippen LogP contribution is -2.33. The first-order valence-corrected chi connectivity index (χ1v) is 8.75. The number of fused-ring (bicyclic) bond motifs is 3. The van der Waals surface area contributed by atoms with Gasteiger partial charge in [-0.15, -0.1) is 0 Å². The number of hydrogen-bond acceptors (Lipinski definition) is 3. The lowest BCUT2D eigenvalue weighted by atomic mass is 10.1. The highest BCUT2D eigenvalue weighted by atomic mass is 16.1. The molecule has 0 radical (unpaired) electrons. The van der Waals surface area contributed by atoms with E-state index in [-0.39, 0.29) is 5.91 Å². The molecule has 0 spiro atoms. The van der Waals surface area contributed by atoms with E-state index in [4.69, 9.17) is 4.98 Å². The largest absolute Gasteiger partial charge is 0.362 e.